The molecule has 0 saturated carbocycles. The molecule has 0 radical (unpaired) electrons. The second-order valence-electron chi connectivity index (χ2n) is 3.34. The van der Waals surface area contributed by atoms with Gasteiger partial charge < -0.3 is 9.88 Å². The zero-order valence-electron chi connectivity index (χ0n) is 7.74. The van der Waals surface area contributed by atoms with Gasteiger partial charge in [0.2, 0.25) is 0 Å². The molecule has 0 unspecified atom stereocenters. The van der Waals surface area contributed by atoms with Crippen LogP contribution in [0, 0.1) is 0 Å². The molecule has 1 aliphatic rings. The van der Waals surface area contributed by atoms with Gasteiger partial charge >= 0.3 is 0 Å². The third-order valence-electron chi connectivity index (χ3n) is 2.19. The highest BCUT2D eigenvalue weighted by atomic mass is 16.1. The predicted molar refractivity (Wildman–Crippen MR) is 49.4 cm³/mol. The minimum absolute atomic E-state index is 0.132. The summed E-state index contributed by atoms with van der Waals surface area (Å²) in [6, 6.07) is 0. The molecule has 1 N–H and O–H groups in total. The molecule has 0 aliphatic carbocycles. The van der Waals surface area contributed by atoms with Crippen molar-refractivity contribution < 1.29 is 0 Å². The van der Waals surface area contributed by atoms with Gasteiger partial charge in [-0.25, -0.2) is 0 Å². The van der Waals surface area contributed by atoms with Gasteiger partial charge in [0.25, 0.3) is 5.56 Å². The van der Waals surface area contributed by atoms with Crippen LogP contribution in [-0.2, 0) is 13.6 Å². The molecule has 0 fully saturated rings. The summed E-state index contributed by atoms with van der Waals surface area (Å²) in [6.45, 7) is 1.44. The Bertz CT molecular complexity index is 384. The maximum atomic E-state index is 11.4. The number of rotatable bonds is 0. The first-order valence-corrected chi connectivity index (χ1v) is 4.15. The van der Waals surface area contributed by atoms with Gasteiger partial charge in [0.15, 0.2) is 0 Å². The van der Waals surface area contributed by atoms with E-state index in [1.165, 1.54) is 0 Å². The molecule has 0 saturated heterocycles. The number of hydrogen-bond acceptors (Lipinski definition) is 4. The molecule has 0 atom stereocenters. The van der Waals surface area contributed by atoms with E-state index in [-0.39, 0.29) is 5.56 Å². The molecule has 0 bridgehead atoms. The van der Waals surface area contributed by atoms with E-state index in [4.69, 9.17) is 0 Å². The number of anilines is 1. The zero-order chi connectivity index (χ0) is 9.42. The van der Waals surface area contributed by atoms with E-state index in [1.807, 2.05) is 23.6 Å². The molecule has 0 aromatic carbocycles. The van der Waals surface area contributed by atoms with Crippen molar-refractivity contribution in [3.05, 3.63) is 22.2 Å². The normalized spacial score (nSPS) is 16.5. The first-order valence-electron chi connectivity index (χ1n) is 4.15. The van der Waals surface area contributed by atoms with Gasteiger partial charge in [0.1, 0.15) is 12.1 Å². The predicted octanol–water partition coefficient (Wildman–Crippen LogP) is -0.405. The third kappa shape index (κ3) is 1.31. The van der Waals surface area contributed by atoms with Crippen molar-refractivity contribution in [2.45, 2.75) is 6.54 Å². The Morgan fingerprint density at radius 2 is 2.31 bits per heavy atom. The maximum Gasteiger partial charge on any atom is 0.279 e. The molecule has 1 aliphatic heterocycles. The largest absolute Gasteiger partial charge is 0.358 e. The van der Waals surface area contributed by atoms with Crippen LogP contribution in [0.15, 0.2) is 11.1 Å². The Balaban J connectivity index is 2.57. The second kappa shape index (κ2) is 2.85. The summed E-state index contributed by atoms with van der Waals surface area (Å²) in [4.78, 5) is 17.2. The molecule has 70 valence electrons. The van der Waals surface area contributed by atoms with Gasteiger partial charge in [-0.3, -0.25) is 9.69 Å². The third-order valence-corrected chi connectivity index (χ3v) is 2.19. The number of aryl methyl sites for hydroxylation is 1. The number of nitrogens with zero attached hydrogens (tertiary/aromatic N) is 3. The van der Waals surface area contributed by atoms with Crippen molar-refractivity contribution in [2.24, 2.45) is 7.05 Å². The summed E-state index contributed by atoms with van der Waals surface area (Å²) in [7, 11) is 3.84. The summed E-state index contributed by atoms with van der Waals surface area (Å²) in [5.41, 5.74) is 0.617. The summed E-state index contributed by atoms with van der Waals surface area (Å²) >= 11 is 0. The fraction of sp³-hybridized carbons (Fsp3) is 0.500. The molecule has 5 nitrogen and oxygen atoms in total. The van der Waals surface area contributed by atoms with Crippen LogP contribution in [-0.4, -0.2) is 28.2 Å². The van der Waals surface area contributed by atoms with Gasteiger partial charge in [0.05, 0.1) is 12.2 Å². The fourth-order valence-electron chi connectivity index (χ4n) is 1.50. The van der Waals surface area contributed by atoms with Crippen LogP contribution < -0.4 is 10.9 Å². The highest BCUT2D eigenvalue weighted by Gasteiger charge is 2.17. The molecule has 0 spiro atoms. The molecular weight excluding hydrogens is 168 g/mol. The van der Waals surface area contributed by atoms with Crippen LogP contribution in [0.2, 0.25) is 0 Å². The van der Waals surface area contributed by atoms with E-state index in [2.05, 4.69) is 10.3 Å². The summed E-state index contributed by atoms with van der Waals surface area (Å²) < 4.78 is 1.84. The Morgan fingerprint density at radius 3 is 3.08 bits per heavy atom. The van der Waals surface area contributed by atoms with Crippen LogP contribution in [0.4, 0.5) is 5.82 Å². The number of hydrogen-bond donors (Lipinski definition) is 1. The number of fused-ring (bicyclic) bond motifs is 1. The lowest BCUT2D eigenvalue weighted by molar-refractivity contribution is 0.334. The lowest BCUT2D eigenvalue weighted by atomic mass is 10.2. The van der Waals surface area contributed by atoms with Crippen LogP contribution in [0.3, 0.4) is 0 Å². The van der Waals surface area contributed by atoms with Crippen molar-refractivity contribution in [1.29, 1.82) is 0 Å². The molecule has 13 heavy (non-hydrogen) atoms. The monoisotopic (exact) mass is 180 g/mol. The SMILES string of the molecule is CN1CNc2c(c(=O)ncn2C)C1. The van der Waals surface area contributed by atoms with E-state index >= 15 is 0 Å². The summed E-state index contributed by atoms with van der Waals surface area (Å²) in [5, 5.41) is 3.17. The van der Waals surface area contributed by atoms with Crippen LogP contribution in [0.25, 0.3) is 0 Å². The average molecular weight is 180 g/mol. The Labute approximate surface area is 76.0 Å². The second-order valence-corrected chi connectivity index (χ2v) is 3.34. The summed E-state index contributed by atoms with van der Waals surface area (Å²) in [6.07, 6.45) is 1.54. The van der Waals surface area contributed by atoms with Crippen LogP contribution in [0.1, 0.15) is 5.56 Å². The van der Waals surface area contributed by atoms with E-state index in [9.17, 15) is 4.79 Å². The molecule has 0 amide bonds. The molecular formula is C8H12N4O. The molecule has 1 aromatic rings. The van der Waals surface area contributed by atoms with Crippen molar-refractivity contribution in [2.75, 3.05) is 19.0 Å². The Kier molecular flexibility index (Phi) is 1.81. The topological polar surface area (TPSA) is 50.2 Å². The molecule has 5 heteroatoms. The molecule has 2 heterocycles. The average Bonchev–Trinajstić information content (AvgIpc) is 2.12. The van der Waals surface area contributed by atoms with E-state index in [0.717, 1.165) is 18.1 Å². The molecule has 1 aromatic heterocycles. The van der Waals surface area contributed by atoms with E-state index in [1.54, 1.807) is 6.33 Å². The lowest BCUT2D eigenvalue weighted by Crippen LogP contribution is -2.36. The first-order chi connectivity index (χ1) is 6.18. The minimum Gasteiger partial charge on any atom is -0.358 e. The van der Waals surface area contributed by atoms with Crippen molar-refractivity contribution >= 4 is 5.82 Å². The minimum atomic E-state index is -0.132. The molecule has 2 rings (SSSR count). The van der Waals surface area contributed by atoms with E-state index in [0.29, 0.717) is 6.54 Å². The van der Waals surface area contributed by atoms with Gasteiger partial charge in [0, 0.05) is 13.6 Å². The smallest absolute Gasteiger partial charge is 0.279 e. The Morgan fingerprint density at radius 1 is 1.54 bits per heavy atom. The highest BCUT2D eigenvalue weighted by molar-refractivity contribution is 5.44. The standard InChI is InChI=1S/C8H12N4O/c1-11-3-6-7(9-4-11)12(2)5-10-8(6)13/h5,9H,3-4H2,1-2H3. The van der Waals surface area contributed by atoms with Crippen molar-refractivity contribution in [3.63, 3.8) is 0 Å². The van der Waals surface area contributed by atoms with Crippen molar-refractivity contribution in [3.8, 4) is 0 Å². The van der Waals surface area contributed by atoms with Crippen LogP contribution in [0.5, 0.6) is 0 Å². The zero-order valence-corrected chi connectivity index (χ0v) is 7.74. The van der Waals surface area contributed by atoms with Crippen molar-refractivity contribution in [1.82, 2.24) is 14.5 Å². The van der Waals surface area contributed by atoms with E-state index < -0.39 is 0 Å². The number of nitrogens with one attached hydrogen (secondary N) is 1. The van der Waals surface area contributed by atoms with Gasteiger partial charge in [-0.05, 0) is 7.05 Å². The number of aromatic nitrogens is 2. The quantitative estimate of drug-likeness (QED) is 0.590. The fourth-order valence-corrected chi connectivity index (χ4v) is 1.50. The summed E-state index contributed by atoms with van der Waals surface area (Å²) in [5.74, 6) is 0.887. The van der Waals surface area contributed by atoms with Gasteiger partial charge in [-0.15, -0.1) is 0 Å². The van der Waals surface area contributed by atoms with Gasteiger partial charge in [-0.2, -0.15) is 4.98 Å². The highest BCUT2D eigenvalue weighted by Crippen LogP contribution is 2.15. The Hall–Kier alpha value is -1.36. The lowest BCUT2D eigenvalue weighted by Gasteiger charge is -2.26. The maximum absolute atomic E-state index is 11.4. The van der Waals surface area contributed by atoms with Gasteiger partial charge in [-0.1, -0.05) is 0 Å². The van der Waals surface area contributed by atoms with Crippen LogP contribution >= 0.6 is 0 Å². The first kappa shape index (κ1) is 8.25.